The molecule has 6 rings (SSSR count). The maximum absolute atomic E-state index is 12.8. The number of para-hydroxylation sites is 1. The number of hydrogen-bond acceptors (Lipinski definition) is 5. The number of likely N-dealkylation sites (tertiary alicyclic amines) is 1. The largest absolute Gasteiger partial charge is 0.482 e. The number of hydrogen-bond donors (Lipinski definition) is 0. The van der Waals surface area contributed by atoms with Crippen LogP contribution in [0.2, 0.25) is 0 Å². The summed E-state index contributed by atoms with van der Waals surface area (Å²) in [5.41, 5.74) is 2.92. The molecule has 2 saturated heterocycles. The smallest absolute Gasteiger partial charge is 0.216 e. The molecule has 3 aliphatic heterocycles. The standard InChI is InChI=1S/C23H30N4O3S/c1-25-12-8-17(9-13-25)27-22-19-4-2-3-5-21(19)30-23(20(22)16-24-27)10-14-26(15-11-23)31(28,29)18-6-7-18/h2-5,16-18H,6-15H2,1H3. The highest BCUT2D eigenvalue weighted by Gasteiger charge is 2.49. The predicted octanol–water partition coefficient (Wildman–Crippen LogP) is 2.99. The molecule has 7 nitrogen and oxygen atoms in total. The molecule has 4 aliphatic rings. The average Bonchev–Trinajstić information content (AvgIpc) is 3.55. The van der Waals surface area contributed by atoms with E-state index in [4.69, 9.17) is 9.84 Å². The van der Waals surface area contributed by atoms with E-state index in [1.165, 1.54) is 5.69 Å². The van der Waals surface area contributed by atoms with E-state index in [1.807, 2.05) is 18.3 Å². The highest BCUT2D eigenvalue weighted by Crippen LogP contribution is 2.51. The summed E-state index contributed by atoms with van der Waals surface area (Å²) in [5, 5.41) is 4.73. The first-order chi connectivity index (χ1) is 15.0. The van der Waals surface area contributed by atoms with Gasteiger partial charge in [0.2, 0.25) is 10.0 Å². The topological polar surface area (TPSA) is 67.7 Å². The SMILES string of the molecule is CN1CCC(n2ncc3c2-c2ccccc2OC32CCN(S(=O)(=O)C3CC3)CC2)CC1. The van der Waals surface area contributed by atoms with E-state index in [2.05, 4.69) is 28.8 Å². The number of benzene rings is 1. The van der Waals surface area contributed by atoms with Gasteiger partial charge in [-0.25, -0.2) is 12.7 Å². The fraction of sp³-hybridized carbons (Fsp3) is 0.609. The molecule has 1 spiro atoms. The second-order valence-corrected chi connectivity index (χ2v) is 11.8. The summed E-state index contributed by atoms with van der Waals surface area (Å²) in [6.07, 6.45) is 7.12. The van der Waals surface area contributed by atoms with Gasteiger partial charge < -0.3 is 9.64 Å². The van der Waals surface area contributed by atoms with Crippen LogP contribution in [0.4, 0.5) is 0 Å². The van der Waals surface area contributed by atoms with Crippen LogP contribution < -0.4 is 4.74 Å². The summed E-state index contributed by atoms with van der Waals surface area (Å²) in [4.78, 5) is 2.38. The van der Waals surface area contributed by atoms with Gasteiger partial charge in [-0.1, -0.05) is 12.1 Å². The molecule has 1 aromatic heterocycles. The highest BCUT2D eigenvalue weighted by molar-refractivity contribution is 7.90. The number of sulfonamides is 1. The molecule has 1 aromatic carbocycles. The maximum Gasteiger partial charge on any atom is 0.216 e. The van der Waals surface area contributed by atoms with Crippen LogP contribution >= 0.6 is 0 Å². The second-order valence-electron chi connectivity index (χ2n) is 9.62. The van der Waals surface area contributed by atoms with Gasteiger partial charge in [0.15, 0.2) is 0 Å². The molecular weight excluding hydrogens is 412 g/mol. The molecule has 3 fully saturated rings. The normalized spacial score (nSPS) is 24.5. The minimum atomic E-state index is -3.15. The van der Waals surface area contributed by atoms with Crippen LogP contribution in [0.25, 0.3) is 11.3 Å². The van der Waals surface area contributed by atoms with Gasteiger partial charge in [0.25, 0.3) is 0 Å². The van der Waals surface area contributed by atoms with Gasteiger partial charge >= 0.3 is 0 Å². The zero-order valence-electron chi connectivity index (χ0n) is 18.0. The zero-order chi connectivity index (χ0) is 21.2. The summed E-state index contributed by atoms with van der Waals surface area (Å²) in [6.45, 7) is 3.19. The number of nitrogens with zero attached hydrogens (tertiary/aromatic N) is 4. The quantitative estimate of drug-likeness (QED) is 0.731. The molecular formula is C23H30N4O3S. The minimum absolute atomic E-state index is 0.155. The Hall–Kier alpha value is -1.90. The molecule has 0 N–H and O–H groups in total. The van der Waals surface area contributed by atoms with E-state index in [-0.39, 0.29) is 5.25 Å². The summed E-state index contributed by atoms with van der Waals surface area (Å²) in [5.74, 6) is 0.892. The Morgan fingerprint density at radius 2 is 1.74 bits per heavy atom. The summed E-state index contributed by atoms with van der Waals surface area (Å²) in [7, 11) is -0.970. The third kappa shape index (κ3) is 3.14. The summed E-state index contributed by atoms with van der Waals surface area (Å²) < 4.78 is 36.1. The molecule has 166 valence electrons. The van der Waals surface area contributed by atoms with Crippen LogP contribution in [-0.4, -0.2) is 65.9 Å². The highest BCUT2D eigenvalue weighted by atomic mass is 32.2. The van der Waals surface area contributed by atoms with Crippen LogP contribution in [0, 0.1) is 0 Å². The van der Waals surface area contributed by atoms with Gasteiger partial charge in [0.1, 0.15) is 11.4 Å². The van der Waals surface area contributed by atoms with Crippen molar-refractivity contribution in [1.29, 1.82) is 0 Å². The van der Waals surface area contributed by atoms with E-state index in [0.29, 0.717) is 32.0 Å². The van der Waals surface area contributed by atoms with Gasteiger partial charge in [-0.3, -0.25) is 4.68 Å². The fourth-order valence-electron chi connectivity index (χ4n) is 5.55. The molecule has 1 aliphatic carbocycles. The van der Waals surface area contributed by atoms with Crippen molar-refractivity contribution >= 4 is 10.0 Å². The van der Waals surface area contributed by atoms with Crippen LogP contribution in [0.5, 0.6) is 5.75 Å². The Labute approximate surface area is 184 Å². The Morgan fingerprint density at radius 3 is 2.45 bits per heavy atom. The number of fused-ring (bicyclic) bond motifs is 4. The van der Waals surface area contributed by atoms with Crippen LogP contribution in [0.3, 0.4) is 0 Å². The number of rotatable bonds is 3. The van der Waals surface area contributed by atoms with E-state index in [1.54, 1.807) is 4.31 Å². The third-order valence-corrected chi connectivity index (χ3v) is 10.0. The molecule has 4 heterocycles. The van der Waals surface area contributed by atoms with Crippen LogP contribution in [-0.2, 0) is 15.6 Å². The third-order valence-electron chi connectivity index (χ3n) is 7.60. The van der Waals surface area contributed by atoms with E-state index in [9.17, 15) is 8.42 Å². The summed E-state index contributed by atoms with van der Waals surface area (Å²) in [6, 6.07) is 8.63. The molecule has 0 unspecified atom stereocenters. The first-order valence-corrected chi connectivity index (χ1v) is 13.0. The lowest BCUT2D eigenvalue weighted by Gasteiger charge is -2.44. The number of ether oxygens (including phenoxy) is 1. The first kappa shape index (κ1) is 19.8. The van der Waals surface area contributed by atoms with Crippen molar-refractivity contribution in [3.8, 4) is 17.0 Å². The van der Waals surface area contributed by atoms with E-state index < -0.39 is 15.6 Å². The first-order valence-electron chi connectivity index (χ1n) is 11.5. The Kier molecular flexibility index (Phi) is 4.49. The van der Waals surface area contributed by atoms with Gasteiger partial charge in [-0.15, -0.1) is 0 Å². The lowest BCUT2D eigenvalue weighted by Crippen LogP contribution is -2.49. The minimum Gasteiger partial charge on any atom is -0.482 e. The summed E-state index contributed by atoms with van der Waals surface area (Å²) >= 11 is 0. The molecule has 1 saturated carbocycles. The fourth-order valence-corrected chi connectivity index (χ4v) is 7.39. The van der Waals surface area contributed by atoms with Gasteiger partial charge in [0.05, 0.1) is 23.2 Å². The Bertz CT molecular complexity index is 1090. The number of piperidine rings is 2. The van der Waals surface area contributed by atoms with Crippen molar-refractivity contribution in [1.82, 2.24) is 19.0 Å². The number of aromatic nitrogens is 2. The van der Waals surface area contributed by atoms with Crippen LogP contribution in [0.1, 0.15) is 50.1 Å². The molecule has 8 heteroatoms. The predicted molar refractivity (Wildman–Crippen MR) is 118 cm³/mol. The molecule has 0 bridgehead atoms. The Morgan fingerprint density at radius 1 is 1.03 bits per heavy atom. The van der Waals surface area contributed by atoms with Crippen molar-refractivity contribution in [3.63, 3.8) is 0 Å². The lowest BCUT2D eigenvalue weighted by atomic mass is 9.81. The zero-order valence-corrected chi connectivity index (χ0v) is 18.9. The molecule has 0 radical (unpaired) electrons. The van der Waals surface area contributed by atoms with Crippen molar-refractivity contribution in [2.75, 3.05) is 33.2 Å². The molecule has 31 heavy (non-hydrogen) atoms. The van der Waals surface area contributed by atoms with Gasteiger partial charge in [0, 0.05) is 37.1 Å². The molecule has 2 aromatic rings. The van der Waals surface area contributed by atoms with Crippen LogP contribution in [0.15, 0.2) is 30.5 Å². The maximum atomic E-state index is 12.8. The monoisotopic (exact) mass is 442 g/mol. The molecule has 0 atom stereocenters. The van der Waals surface area contributed by atoms with E-state index >= 15 is 0 Å². The second kappa shape index (κ2) is 7.05. The van der Waals surface area contributed by atoms with Crippen molar-refractivity contribution in [2.45, 2.75) is 55.4 Å². The van der Waals surface area contributed by atoms with Crippen molar-refractivity contribution in [2.24, 2.45) is 0 Å². The lowest BCUT2D eigenvalue weighted by molar-refractivity contribution is 0.0133. The average molecular weight is 443 g/mol. The van der Waals surface area contributed by atoms with E-state index in [0.717, 1.165) is 55.6 Å². The van der Waals surface area contributed by atoms with Gasteiger partial charge in [-0.05, 0) is 58.0 Å². The van der Waals surface area contributed by atoms with Gasteiger partial charge in [-0.2, -0.15) is 5.10 Å². The van der Waals surface area contributed by atoms with Crippen molar-refractivity contribution in [3.05, 3.63) is 36.0 Å². The Balaban J connectivity index is 1.37. The molecule has 0 amide bonds. The van der Waals surface area contributed by atoms with Crippen molar-refractivity contribution < 1.29 is 13.2 Å².